The summed E-state index contributed by atoms with van der Waals surface area (Å²) in [6.07, 6.45) is 0. The highest BCUT2D eigenvalue weighted by Gasteiger charge is 2.29. The quantitative estimate of drug-likeness (QED) is 0.676. The number of carbonyl (C=O) groups is 3. The summed E-state index contributed by atoms with van der Waals surface area (Å²) in [4.78, 5) is 36.1. The number of aliphatic carboxylic acids is 1. The average Bonchev–Trinajstić information content (AvgIpc) is 2.51. The predicted octanol–water partition coefficient (Wildman–Crippen LogP) is 0.761. The molecule has 0 heterocycles. The Hall–Kier alpha value is -2.77. The van der Waals surface area contributed by atoms with Crippen LogP contribution >= 0.6 is 0 Å². The highest BCUT2D eigenvalue weighted by molar-refractivity contribution is 5.99. The van der Waals surface area contributed by atoms with E-state index in [-0.39, 0.29) is 36.1 Å². The number of phenols is 1. The minimum Gasteiger partial charge on any atom is -0.504 e. The molecule has 132 valence electrons. The maximum absolute atomic E-state index is 12.7. The van der Waals surface area contributed by atoms with Crippen LogP contribution < -0.4 is 10.1 Å². The lowest BCUT2D eigenvalue weighted by Crippen LogP contribution is -2.46. The number of rotatable bonds is 7. The van der Waals surface area contributed by atoms with E-state index in [4.69, 9.17) is 4.74 Å². The minimum atomic E-state index is -1.19. The van der Waals surface area contributed by atoms with E-state index >= 15 is 0 Å². The molecule has 1 unspecified atom stereocenters. The second-order valence-corrected chi connectivity index (χ2v) is 5.36. The third kappa shape index (κ3) is 4.61. The molecule has 0 radical (unpaired) electrons. The zero-order valence-corrected chi connectivity index (χ0v) is 14.1. The Labute approximate surface area is 140 Å². The van der Waals surface area contributed by atoms with Crippen molar-refractivity contribution < 1.29 is 29.3 Å². The van der Waals surface area contributed by atoms with Crippen molar-refractivity contribution in [2.45, 2.75) is 26.8 Å². The molecule has 2 amide bonds. The van der Waals surface area contributed by atoms with Crippen molar-refractivity contribution >= 4 is 17.8 Å². The molecule has 0 saturated carbocycles. The molecule has 1 rings (SSSR count). The number of nitrogens with zero attached hydrogens (tertiary/aromatic N) is 1. The second-order valence-electron chi connectivity index (χ2n) is 5.36. The van der Waals surface area contributed by atoms with Gasteiger partial charge in [0, 0.05) is 20.0 Å². The van der Waals surface area contributed by atoms with Crippen LogP contribution in [0.2, 0.25) is 0 Å². The number of ether oxygens (including phenoxy) is 1. The number of aryl methyl sites for hydroxylation is 1. The monoisotopic (exact) mass is 338 g/mol. The van der Waals surface area contributed by atoms with E-state index in [2.05, 4.69) is 5.32 Å². The number of benzene rings is 1. The fourth-order valence-electron chi connectivity index (χ4n) is 2.18. The lowest BCUT2D eigenvalue weighted by Gasteiger charge is -2.27. The van der Waals surface area contributed by atoms with E-state index in [0.717, 1.165) is 4.90 Å². The summed E-state index contributed by atoms with van der Waals surface area (Å²) < 4.78 is 5.02. The molecule has 0 saturated heterocycles. The lowest BCUT2D eigenvalue weighted by molar-refractivity contribution is -0.141. The van der Waals surface area contributed by atoms with Crippen molar-refractivity contribution in [1.29, 1.82) is 0 Å². The zero-order valence-electron chi connectivity index (χ0n) is 14.1. The number of carbonyl (C=O) groups excluding carboxylic acids is 2. The molecule has 1 aromatic carbocycles. The molecule has 3 N–H and O–H groups in total. The van der Waals surface area contributed by atoms with Gasteiger partial charge in [-0.05, 0) is 31.5 Å². The normalized spacial score (nSPS) is 11.5. The molecule has 0 fully saturated rings. The number of carboxylic acids is 1. The summed E-state index contributed by atoms with van der Waals surface area (Å²) >= 11 is 0. The molecular formula is C16H22N2O6. The number of phenolic OH excluding ortho intramolecular Hbond substituents is 1. The number of hydrogen-bond acceptors (Lipinski definition) is 5. The smallest absolute Gasteiger partial charge is 0.326 e. The molecule has 0 spiro atoms. The molecule has 0 bridgehead atoms. The Kier molecular flexibility index (Phi) is 6.58. The molecule has 1 atom stereocenters. The number of nitrogens with one attached hydrogen (secondary N) is 1. The van der Waals surface area contributed by atoms with Crippen LogP contribution in [0.25, 0.3) is 0 Å². The van der Waals surface area contributed by atoms with Crippen LogP contribution in [-0.4, -0.2) is 59.1 Å². The number of amides is 2. The van der Waals surface area contributed by atoms with Gasteiger partial charge in [-0.1, -0.05) is 0 Å². The maximum atomic E-state index is 12.7. The molecule has 0 aliphatic rings. The van der Waals surface area contributed by atoms with Crippen molar-refractivity contribution in [3.8, 4) is 11.5 Å². The van der Waals surface area contributed by atoms with Crippen molar-refractivity contribution in [3.05, 3.63) is 23.3 Å². The Morgan fingerprint density at radius 3 is 2.46 bits per heavy atom. The summed E-state index contributed by atoms with van der Waals surface area (Å²) in [6.45, 7) is 4.49. The Balaban J connectivity index is 3.17. The Morgan fingerprint density at radius 2 is 1.96 bits per heavy atom. The van der Waals surface area contributed by atoms with Crippen LogP contribution in [0, 0.1) is 6.92 Å². The van der Waals surface area contributed by atoms with Crippen LogP contribution in [0.3, 0.4) is 0 Å². The van der Waals surface area contributed by atoms with Crippen LogP contribution in [-0.2, 0) is 9.59 Å². The fourth-order valence-corrected chi connectivity index (χ4v) is 2.18. The first-order chi connectivity index (χ1) is 11.2. The predicted molar refractivity (Wildman–Crippen MR) is 86.2 cm³/mol. The third-order valence-electron chi connectivity index (χ3n) is 3.48. The molecule has 0 aliphatic carbocycles. The minimum absolute atomic E-state index is 0.0123. The van der Waals surface area contributed by atoms with Gasteiger partial charge in [-0.25, -0.2) is 4.79 Å². The van der Waals surface area contributed by atoms with Crippen molar-refractivity contribution in [3.63, 3.8) is 0 Å². The maximum Gasteiger partial charge on any atom is 0.326 e. The largest absolute Gasteiger partial charge is 0.504 e. The van der Waals surface area contributed by atoms with E-state index in [9.17, 15) is 24.6 Å². The second kappa shape index (κ2) is 8.19. The van der Waals surface area contributed by atoms with Gasteiger partial charge in [0.25, 0.3) is 5.91 Å². The van der Waals surface area contributed by atoms with Crippen molar-refractivity contribution in [2.24, 2.45) is 0 Å². The van der Waals surface area contributed by atoms with E-state index < -0.39 is 17.9 Å². The van der Waals surface area contributed by atoms with Gasteiger partial charge in [-0.2, -0.15) is 0 Å². The van der Waals surface area contributed by atoms with Gasteiger partial charge < -0.3 is 25.2 Å². The molecule has 8 nitrogen and oxygen atoms in total. The molecule has 0 aromatic heterocycles. The summed E-state index contributed by atoms with van der Waals surface area (Å²) in [5, 5.41) is 21.9. The van der Waals surface area contributed by atoms with Gasteiger partial charge in [0.05, 0.1) is 12.7 Å². The first-order valence-electron chi connectivity index (χ1n) is 7.34. The molecule has 24 heavy (non-hydrogen) atoms. The zero-order chi connectivity index (χ0) is 18.4. The molecule has 0 aliphatic heterocycles. The summed E-state index contributed by atoms with van der Waals surface area (Å²) in [7, 11) is 1.36. The number of aromatic hydroxyl groups is 1. The van der Waals surface area contributed by atoms with Crippen LogP contribution in [0.1, 0.15) is 29.8 Å². The van der Waals surface area contributed by atoms with E-state index in [1.165, 1.54) is 27.0 Å². The van der Waals surface area contributed by atoms with Crippen molar-refractivity contribution in [1.82, 2.24) is 10.2 Å². The van der Waals surface area contributed by atoms with Gasteiger partial charge in [0.1, 0.15) is 6.04 Å². The number of hydrogen-bond donors (Lipinski definition) is 3. The SMILES string of the molecule is COc1cc(C)cc(C(=O)N(CCNC(C)=O)C(C)C(=O)O)c1O. The van der Waals surface area contributed by atoms with Gasteiger partial charge in [-0.3, -0.25) is 9.59 Å². The summed E-state index contributed by atoms with van der Waals surface area (Å²) in [5.41, 5.74) is 0.626. The number of methoxy groups -OCH3 is 1. The van der Waals surface area contributed by atoms with Crippen LogP contribution in [0.15, 0.2) is 12.1 Å². The Morgan fingerprint density at radius 1 is 1.33 bits per heavy atom. The first kappa shape index (κ1) is 19.3. The average molecular weight is 338 g/mol. The molecule has 1 aromatic rings. The third-order valence-corrected chi connectivity index (χ3v) is 3.48. The van der Waals surface area contributed by atoms with Crippen LogP contribution in [0.5, 0.6) is 11.5 Å². The Bertz CT molecular complexity index is 644. The molecule has 8 heteroatoms. The van der Waals surface area contributed by atoms with E-state index in [1.807, 2.05) is 0 Å². The summed E-state index contributed by atoms with van der Waals surface area (Å²) in [5.74, 6) is -2.36. The van der Waals surface area contributed by atoms with Gasteiger partial charge in [0.2, 0.25) is 5.91 Å². The van der Waals surface area contributed by atoms with Crippen molar-refractivity contribution in [2.75, 3.05) is 20.2 Å². The fraction of sp³-hybridized carbons (Fsp3) is 0.438. The highest BCUT2D eigenvalue weighted by atomic mass is 16.5. The van der Waals surface area contributed by atoms with Gasteiger partial charge in [-0.15, -0.1) is 0 Å². The molecular weight excluding hydrogens is 316 g/mol. The van der Waals surface area contributed by atoms with Gasteiger partial charge >= 0.3 is 5.97 Å². The highest BCUT2D eigenvalue weighted by Crippen LogP contribution is 2.32. The number of carboxylic acid groups (broad SMARTS) is 1. The van der Waals surface area contributed by atoms with Crippen LogP contribution in [0.4, 0.5) is 0 Å². The van der Waals surface area contributed by atoms with E-state index in [1.54, 1.807) is 13.0 Å². The van der Waals surface area contributed by atoms with E-state index in [0.29, 0.717) is 5.56 Å². The standard InChI is InChI=1S/C16H22N2O6/c1-9-7-12(14(20)13(8-9)24-4)15(21)18(10(2)16(22)23)6-5-17-11(3)19/h7-8,10,20H,5-6H2,1-4H3,(H,17,19)(H,22,23). The topological polar surface area (TPSA) is 116 Å². The lowest BCUT2D eigenvalue weighted by atomic mass is 10.1. The first-order valence-corrected chi connectivity index (χ1v) is 7.34. The summed E-state index contributed by atoms with van der Waals surface area (Å²) in [6, 6.07) is 1.89. The van der Waals surface area contributed by atoms with Gasteiger partial charge in [0.15, 0.2) is 11.5 Å².